The van der Waals surface area contributed by atoms with E-state index >= 15 is 0 Å². The van der Waals surface area contributed by atoms with Crippen LogP contribution in [-0.4, -0.2) is 24.4 Å². The van der Waals surface area contributed by atoms with E-state index in [0.717, 1.165) is 41.7 Å². The van der Waals surface area contributed by atoms with Gasteiger partial charge in [-0.25, -0.2) is 4.39 Å². The molecule has 0 radical (unpaired) electrons. The summed E-state index contributed by atoms with van der Waals surface area (Å²) in [6.45, 7) is -0.441. The number of nitrogens with two attached hydrogens (primary N) is 1. The van der Waals surface area contributed by atoms with Crippen LogP contribution in [0.25, 0.3) is 0 Å². The zero-order valence-corrected chi connectivity index (χ0v) is 16.1. The van der Waals surface area contributed by atoms with E-state index in [1.807, 2.05) is 0 Å². The summed E-state index contributed by atoms with van der Waals surface area (Å²) in [6, 6.07) is 5.84. The van der Waals surface area contributed by atoms with Crippen LogP contribution in [0.4, 0.5) is 9.39 Å². The third kappa shape index (κ3) is 4.95. The third-order valence-electron chi connectivity index (χ3n) is 4.57. The molecule has 6 nitrogen and oxygen atoms in total. The minimum absolute atomic E-state index is 0.0821. The number of hydrogen-bond acceptors (Lipinski definition) is 5. The van der Waals surface area contributed by atoms with Crippen molar-refractivity contribution in [1.29, 1.82) is 0 Å². The number of benzene rings is 1. The van der Waals surface area contributed by atoms with Gasteiger partial charge in [0.15, 0.2) is 6.61 Å². The highest BCUT2D eigenvalue weighted by atomic mass is 32.1. The van der Waals surface area contributed by atoms with Gasteiger partial charge < -0.3 is 15.8 Å². The molecule has 3 rings (SSSR count). The summed E-state index contributed by atoms with van der Waals surface area (Å²) in [6.07, 6.45) is 4.16. The fourth-order valence-corrected chi connectivity index (χ4v) is 4.50. The van der Waals surface area contributed by atoms with E-state index in [9.17, 15) is 18.8 Å². The molecule has 0 fully saturated rings. The van der Waals surface area contributed by atoms with E-state index in [1.54, 1.807) is 12.1 Å². The van der Waals surface area contributed by atoms with Crippen LogP contribution in [0.2, 0.25) is 0 Å². The van der Waals surface area contributed by atoms with Gasteiger partial charge in [0, 0.05) is 11.3 Å². The molecule has 1 aromatic heterocycles. The van der Waals surface area contributed by atoms with Crippen molar-refractivity contribution >= 4 is 34.1 Å². The Balaban J connectivity index is 1.51. The van der Waals surface area contributed by atoms with Crippen molar-refractivity contribution < 1.29 is 23.5 Å². The van der Waals surface area contributed by atoms with Crippen LogP contribution >= 0.6 is 11.3 Å². The predicted octanol–water partition coefficient (Wildman–Crippen LogP) is 2.98. The molecule has 1 heterocycles. The van der Waals surface area contributed by atoms with Gasteiger partial charge in [0.1, 0.15) is 10.8 Å². The fraction of sp³-hybridized carbons (Fsp3) is 0.350. The van der Waals surface area contributed by atoms with Crippen LogP contribution in [0.1, 0.15) is 45.6 Å². The molecule has 2 aromatic rings. The van der Waals surface area contributed by atoms with E-state index < -0.39 is 24.4 Å². The van der Waals surface area contributed by atoms with Crippen molar-refractivity contribution in [1.82, 2.24) is 0 Å². The zero-order valence-electron chi connectivity index (χ0n) is 15.3. The van der Waals surface area contributed by atoms with Gasteiger partial charge in [-0.15, -0.1) is 11.3 Å². The SMILES string of the molecule is NC(=O)c1c(NC(=O)COC(=O)CCc2ccc(F)cc2)sc2c1CCCC2. The van der Waals surface area contributed by atoms with Crippen molar-refractivity contribution in [2.24, 2.45) is 5.73 Å². The standard InChI is InChI=1S/C20H21FN2O4S/c21-13-8-5-12(6-9-13)7-10-17(25)27-11-16(24)23-20-18(19(22)26)14-3-1-2-4-15(14)28-20/h5-6,8-9H,1-4,7,10-11H2,(H2,22,26)(H,23,24). The molecular formula is C20H21FN2O4S. The molecule has 0 unspecified atom stereocenters. The smallest absolute Gasteiger partial charge is 0.306 e. The van der Waals surface area contributed by atoms with Crippen LogP contribution in [0.15, 0.2) is 24.3 Å². The van der Waals surface area contributed by atoms with Gasteiger partial charge >= 0.3 is 5.97 Å². The van der Waals surface area contributed by atoms with Crippen LogP contribution in [0, 0.1) is 5.82 Å². The molecule has 0 bridgehead atoms. The molecular weight excluding hydrogens is 383 g/mol. The topological polar surface area (TPSA) is 98.5 Å². The molecule has 3 N–H and O–H groups in total. The minimum atomic E-state index is -0.564. The minimum Gasteiger partial charge on any atom is -0.456 e. The van der Waals surface area contributed by atoms with E-state index in [1.165, 1.54) is 23.5 Å². The molecule has 0 spiro atoms. The maximum absolute atomic E-state index is 12.9. The number of thiophene rings is 1. The van der Waals surface area contributed by atoms with Gasteiger partial charge in [-0.3, -0.25) is 14.4 Å². The quantitative estimate of drug-likeness (QED) is 0.693. The van der Waals surface area contributed by atoms with Gasteiger partial charge in [-0.1, -0.05) is 12.1 Å². The van der Waals surface area contributed by atoms with Crippen molar-refractivity contribution in [2.75, 3.05) is 11.9 Å². The summed E-state index contributed by atoms with van der Waals surface area (Å²) >= 11 is 1.36. The number of halogens is 1. The van der Waals surface area contributed by atoms with Gasteiger partial charge in [0.25, 0.3) is 11.8 Å². The Morgan fingerprint density at radius 1 is 1.14 bits per heavy atom. The van der Waals surface area contributed by atoms with Crippen LogP contribution in [-0.2, 0) is 33.6 Å². The Morgan fingerprint density at radius 3 is 2.57 bits per heavy atom. The molecule has 1 aromatic carbocycles. The molecule has 0 atom stereocenters. The lowest BCUT2D eigenvalue weighted by Crippen LogP contribution is -2.23. The number of primary amides is 1. The lowest BCUT2D eigenvalue weighted by molar-refractivity contribution is -0.147. The molecule has 2 amide bonds. The number of esters is 1. The highest BCUT2D eigenvalue weighted by Crippen LogP contribution is 2.37. The second-order valence-electron chi connectivity index (χ2n) is 6.61. The maximum Gasteiger partial charge on any atom is 0.306 e. The Bertz CT molecular complexity index is 892. The average molecular weight is 404 g/mol. The van der Waals surface area contributed by atoms with Crippen molar-refractivity contribution in [3.8, 4) is 0 Å². The molecule has 0 saturated carbocycles. The highest BCUT2D eigenvalue weighted by molar-refractivity contribution is 7.17. The average Bonchev–Trinajstić information content (AvgIpc) is 3.03. The van der Waals surface area contributed by atoms with Crippen molar-refractivity contribution in [3.05, 3.63) is 51.7 Å². The Hall–Kier alpha value is -2.74. The lowest BCUT2D eigenvalue weighted by atomic mass is 9.95. The van der Waals surface area contributed by atoms with Crippen molar-refractivity contribution in [2.45, 2.75) is 38.5 Å². The normalized spacial score (nSPS) is 12.9. The van der Waals surface area contributed by atoms with Crippen LogP contribution < -0.4 is 11.1 Å². The molecule has 8 heteroatoms. The third-order valence-corrected chi connectivity index (χ3v) is 5.77. The van der Waals surface area contributed by atoms with E-state index in [0.29, 0.717) is 17.0 Å². The highest BCUT2D eigenvalue weighted by Gasteiger charge is 2.25. The van der Waals surface area contributed by atoms with Gasteiger partial charge in [-0.2, -0.15) is 0 Å². The monoisotopic (exact) mass is 404 g/mol. The number of nitrogens with one attached hydrogen (secondary N) is 1. The second kappa shape index (κ2) is 8.97. The summed E-state index contributed by atoms with van der Waals surface area (Å²) in [7, 11) is 0. The fourth-order valence-electron chi connectivity index (χ4n) is 3.19. The number of carbonyl (C=O) groups is 3. The first-order chi connectivity index (χ1) is 13.4. The molecule has 1 aliphatic carbocycles. The van der Waals surface area contributed by atoms with E-state index in [2.05, 4.69) is 5.32 Å². The van der Waals surface area contributed by atoms with E-state index in [4.69, 9.17) is 10.5 Å². The first-order valence-electron chi connectivity index (χ1n) is 9.08. The summed E-state index contributed by atoms with van der Waals surface area (Å²) in [4.78, 5) is 36.9. The first kappa shape index (κ1) is 20.0. The summed E-state index contributed by atoms with van der Waals surface area (Å²) in [5, 5.41) is 3.07. The van der Waals surface area contributed by atoms with Gasteiger partial charge in [0.05, 0.1) is 5.56 Å². The second-order valence-corrected chi connectivity index (χ2v) is 7.72. The van der Waals surface area contributed by atoms with Crippen molar-refractivity contribution in [3.63, 3.8) is 0 Å². The maximum atomic E-state index is 12.9. The summed E-state index contributed by atoms with van der Waals surface area (Å²) in [5.74, 6) is -1.95. The first-order valence-corrected chi connectivity index (χ1v) is 9.90. The Kier molecular flexibility index (Phi) is 6.41. The summed E-state index contributed by atoms with van der Waals surface area (Å²) < 4.78 is 17.9. The molecule has 148 valence electrons. The lowest BCUT2D eigenvalue weighted by Gasteiger charge is -2.11. The van der Waals surface area contributed by atoms with E-state index in [-0.39, 0.29) is 12.2 Å². The Morgan fingerprint density at radius 2 is 1.86 bits per heavy atom. The number of rotatable bonds is 7. The number of amides is 2. The predicted molar refractivity (Wildman–Crippen MR) is 104 cm³/mol. The number of ether oxygens (including phenoxy) is 1. The summed E-state index contributed by atoms with van der Waals surface area (Å²) in [5.41, 5.74) is 7.59. The van der Waals surface area contributed by atoms with Crippen LogP contribution in [0.3, 0.4) is 0 Å². The largest absolute Gasteiger partial charge is 0.456 e. The number of fused-ring (bicyclic) bond motifs is 1. The number of carbonyl (C=O) groups excluding carboxylic acids is 3. The molecule has 28 heavy (non-hydrogen) atoms. The number of hydrogen-bond donors (Lipinski definition) is 2. The van der Waals surface area contributed by atoms with Crippen LogP contribution in [0.5, 0.6) is 0 Å². The molecule has 1 aliphatic rings. The Labute approximate surface area is 165 Å². The number of aryl methyl sites for hydroxylation is 2. The number of anilines is 1. The van der Waals surface area contributed by atoms with Gasteiger partial charge in [-0.05, 0) is 55.4 Å². The van der Waals surface area contributed by atoms with Gasteiger partial charge in [0.2, 0.25) is 0 Å². The molecule has 0 saturated heterocycles. The molecule has 0 aliphatic heterocycles. The zero-order chi connectivity index (χ0) is 20.1.